The Balaban J connectivity index is 1.44. The monoisotopic (exact) mass is 391 g/mol. The molecule has 0 radical (unpaired) electrons. The van der Waals surface area contributed by atoms with Crippen molar-refractivity contribution in [2.24, 2.45) is 0 Å². The standard InChI is InChI=1S/C22H21N3O4/c1-2-27-19-6-3-16(4-7-19)24-18-11-15(13-23-14-18)22(26)25-17-5-8-20-21(12-17)29-10-9-28-20/h3-8,11-14,24H,2,9-10H2,1H3,(H,25,26). The first-order valence-electron chi connectivity index (χ1n) is 9.37. The minimum atomic E-state index is -0.260. The molecule has 7 nitrogen and oxygen atoms in total. The van der Waals surface area contributed by atoms with Crippen LogP contribution in [0, 0.1) is 0 Å². The molecule has 1 amide bonds. The minimum absolute atomic E-state index is 0.260. The zero-order chi connectivity index (χ0) is 20.1. The summed E-state index contributed by atoms with van der Waals surface area (Å²) in [5.74, 6) is 1.85. The van der Waals surface area contributed by atoms with Gasteiger partial charge in [0.1, 0.15) is 19.0 Å². The molecule has 4 rings (SSSR count). The Bertz CT molecular complexity index is 1010. The van der Waals surface area contributed by atoms with Crippen LogP contribution in [0.25, 0.3) is 0 Å². The van der Waals surface area contributed by atoms with Crippen molar-refractivity contribution in [2.75, 3.05) is 30.5 Å². The molecule has 148 valence electrons. The minimum Gasteiger partial charge on any atom is -0.494 e. The van der Waals surface area contributed by atoms with Crippen molar-refractivity contribution < 1.29 is 19.0 Å². The van der Waals surface area contributed by atoms with Gasteiger partial charge in [-0.3, -0.25) is 9.78 Å². The van der Waals surface area contributed by atoms with E-state index in [0.29, 0.717) is 48.3 Å². The van der Waals surface area contributed by atoms with E-state index < -0.39 is 0 Å². The molecule has 2 heterocycles. The summed E-state index contributed by atoms with van der Waals surface area (Å²) in [6.07, 6.45) is 3.19. The van der Waals surface area contributed by atoms with Crippen LogP contribution in [0.1, 0.15) is 17.3 Å². The number of anilines is 3. The molecule has 7 heteroatoms. The number of hydrogen-bond acceptors (Lipinski definition) is 6. The predicted molar refractivity (Wildman–Crippen MR) is 111 cm³/mol. The summed E-state index contributed by atoms with van der Waals surface area (Å²) in [7, 11) is 0. The Morgan fingerprint density at radius 2 is 1.72 bits per heavy atom. The molecule has 0 fully saturated rings. The molecular weight excluding hydrogens is 370 g/mol. The van der Waals surface area contributed by atoms with Gasteiger partial charge in [-0.15, -0.1) is 0 Å². The lowest BCUT2D eigenvalue weighted by atomic mass is 10.2. The number of fused-ring (bicyclic) bond motifs is 1. The quantitative estimate of drug-likeness (QED) is 0.654. The normalized spacial score (nSPS) is 12.2. The van der Waals surface area contributed by atoms with Crippen LogP contribution in [0.5, 0.6) is 17.2 Å². The Kier molecular flexibility index (Phi) is 5.47. The molecule has 2 aromatic carbocycles. The third-order valence-electron chi connectivity index (χ3n) is 4.25. The van der Waals surface area contributed by atoms with Crippen molar-refractivity contribution >= 4 is 23.0 Å². The summed E-state index contributed by atoms with van der Waals surface area (Å²) in [5, 5.41) is 6.10. The molecule has 0 unspecified atom stereocenters. The van der Waals surface area contributed by atoms with E-state index in [9.17, 15) is 4.79 Å². The largest absolute Gasteiger partial charge is 0.494 e. The first-order chi connectivity index (χ1) is 14.2. The summed E-state index contributed by atoms with van der Waals surface area (Å²) in [6.45, 7) is 3.59. The van der Waals surface area contributed by atoms with Gasteiger partial charge in [0, 0.05) is 23.6 Å². The SMILES string of the molecule is CCOc1ccc(Nc2cncc(C(=O)Nc3ccc4c(c3)OCCO4)c2)cc1. The molecule has 0 aliphatic carbocycles. The maximum atomic E-state index is 12.6. The van der Waals surface area contributed by atoms with Gasteiger partial charge in [-0.05, 0) is 49.4 Å². The van der Waals surface area contributed by atoms with Crippen molar-refractivity contribution in [2.45, 2.75) is 6.92 Å². The highest BCUT2D eigenvalue weighted by Crippen LogP contribution is 2.32. The average Bonchev–Trinajstić information content (AvgIpc) is 2.75. The van der Waals surface area contributed by atoms with Crippen molar-refractivity contribution in [3.05, 3.63) is 66.5 Å². The number of carbonyl (C=O) groups excluding carboxylic acids is 1. The lowest BCUT2D eigenvalue weighted by Gasteiger charge is -2.19. The van der Waals surface area contributed by atoms with Crippen LogP contribution in [0.15, 0.2) is 60.9 Å². The summed E-state index contributed by atoms with van der Waals surface area (Å²) in [5.41, 5.74) is 2.66. The van der Waals surface area contributed by atoms with Crippen LogP contribution >= 0.6 is 0 Å². The lowest BCUT2D eigenvalue weighted by Crippen LogP contribution is -2.16. The Morgan fingerprint density at radius 3 is 2.52 bits per heavy atom. The predicted octanol–water partition coefficient (Wildman–Crippen LogP) is 4.25. The lowest BCUT2D eigenvalue weighted by molar-refractivity contribution is 0.102. The van der Waals surface area contributed by atoms with Gasteiger partial charge in [-0.1, -0.05) is 0 Å². The molecule has 0 bridgehead atoms. The maximum absolute atomic E-state index is 12.6. The number of carbonyl (C=O) groups is 1. The molecular formula is C22H21N3O4. The zero-order valence-electron chi connectivity index (χ0n) is 16.0. The summed E-state index contributed by atoms with van der Waals surface area (Å²) >= 11 is 0. The molecule has 1 aliphatic heterocycles. The van der Waals surface area contributed by atoms with Crippen molar-refractivity contribution in [3.8, 4) is 17.2 Å². The summed E-state index contributed by atoms with van der Waals surface area (Å²) < 4.78 is 16.5. The fourth-order valence-electron chi connectivity index (χ4n) is 2.92. The van der Waals surface area contributed by atoms with Gasteiger partial charge in [0.2, 0.25) is 0 Å². The first-order valence-corrected chi connectivity index (χ1v) is 9.37. The molecule has 0 spiro atoms. The molecule has 29 heavy (non-hydrogen) atoms. The Hall–Kier alpha value is -3.74. The molecule has 3 aromatic rings. The van der Waals surface area contributed by atoms with E-state index in [2.05, 4.69) is 15.6 Å². The molecule has 0 atom stereocenters. The molecule has 1 aromatic heterocycles. The van der Waals surface area contributed by atoms with E-state index in [4.69, 9.17) is 14.2 Å². The number of rotatable bonds is 6. The van der Waals surface area contributed by atoms with E-state index in [1.807, 2.05) is 31.2 Å². The fraction of sp³-hybridized carbons (Fsp3) is 0.182. The van der Waals surface area contributed by atoms with Gasteiger partial charge >= 0.3 is 0 Å². The van der Waals surface area contributed by atoms with Gasteiger partial charge in [-0.25, -0.2) is 0 Å². The van der Waals surface area contributed by atoms with Gasteiger partial charge in [0.15, 0.2) is 11.5 Å². The van der Waals surface area contributed by atoms with Crippen LogP contribution < -0.4 is 24.8 Å². The number of nitrogens with one attached hydrogen (secondary N) is 2. The van der Waals surface area contributed by atoms with Crippen molar-refractivity contribution in [1.82, 2.24) is 4.98 Å². The maximum Gasteiger partial charge on any atom is 0.257 e. The van der Waals surface area contributed by atoms with E-state index in [1.165, 1.54) is 6.20 Å². The highest BCUT2D eigenvalue weighted by atomic mass is 16.6. The summed E-state index contributed by atoms with van der Waals surface area (Å²) in [4.78, 5) is 16.8. The van der Waals surface area contributed by atoms with E-state index in [0.717, 1.165) is 11.4 Å². The van der Waals surface area contributed by atoms with Gasteiger partial charge in [-0.2, -0.15) is 0 Å². The van der Waals surface area contributed by atoms with Crippen LogP contribution in [-0.4, -0.2) is 30.7 Å². The van der Waals surface area contributed by atoms with Crippen molar-refractivity contribution in [1.29, 1.82) is 0 Å². The third kappa shape index (κ3) is 4.57. The summed E-state index contributed by atoms with van der Waals surface area (Å²) in [6, 6.07) is 14.7. The second-order valence-corrected chi connectivity index (χ2v) is 6.36. The number of aromatic nitrogens is 1. The van der Waals surface area contributed by atoms with Crippen LogP contribution in [0.3, 0.4) is 0 Å². The zero-order valence-corrected chi connectivity index (χ0v) is 16.0. The molecule has 2 N–H and O–H groups in total. The van der Waals surface area contributed by atoms with Gasteiger partial charge < -0.3 is 24.8 Å². The van der Waals surface area contributed by atoms with E-state index >= 15 is 0 Å². The molecule has 1 aliphatic rings. The third-order valence-corrected chi connectivity index (χ3v) is 4.25. The number of hydrogen-bond donors (Lipinski definition) is 2. The number of ether oxygens (including phenoxy) is 3. The van der Waals surface area contributed by atoms with Crippen LogP contribution in [0.2, 0.25) is 0 Å². The molecule has 0 saturated carbocycles. The second kappa shape index (κ2) is 8.52. The Morgan fingerprint density at radius 1 is 0.966 bits per heavy atom. The van der Waals surface area contributed by atoms with Crippen LogP contribution in [0.4, 0.5) is 17.1 Å². The average molecular weight is 391 g/mol. The second-order valence-electron chi connectivity index (χ2n) is 6.36. The number of pyridine rings is 1. The first kappa shape index (κ1) is 18.6. The smallest absolute Gasteiger partial charge is 0.257 e. The van der Waals surface area contributed by atoms with E-state index in [-0.39, 0.29) is 5.91 Å². The van der Waals surface area contributed by atoms with Gasteiger partial charge in [0.25, 0.3) is 5.91 Å². The molecule has 0 saturated heterocycles. The highest BCUT2D eigenvalue weighted by molar-refractivity contribution is 6.04. The van der Waals surface area contributed by atoms with Gasteiger partial charge in [0.05, 0.1) is 24.1 Å². The van der Waals surface area contributed by atoms with Crippen molar-refractivity contribution in [3.63, 3.8) is 0 Å². The number of benzene rings is 2. The number of nitrogens with zero attached hydrogens (tertiary/aromatic N) is 1. The Labute approximate surface area is 168 Å². The van der Waals surface area contributed by atoms with Crippen LogP contribution in [-0.2, 0) is 0 Å². The number of amides is 1. The fourth-order valence-corrected chi connectivity index (χ4v) is 2.92. The highest BCUT2D eigenvalue weighted by Gasteiger charge is 2.14. The topological polar surface area (TPSA) is 81.7 Å². The van der Waals surface area contributed by atoms with E-state index in [1.54, 1.807) is 30.5 Å².